The number of likely N-dealkylation sites (tertiary alicyclic amines) is 2. The number of allylic oxidation sites excluding steroid dienone is 1. The van der Waals surface area contributed by atoms with Gasteiger partial charge in [0, 0.05) is 112 Å². The Balaban J connectivity index is 0.707. The van der Waals surface area contributed by atoms with E-state index in [-0.39, 0.29) is 60.1 Å². The second kappa shape index (κ2) is 17.4. The quantitative estimate of drug-likeness (QED) is 0.140. The van der Waals surface area contributed by atoms with Gasteiger partial charge in [0.2, 0.25) is 5.91 Å². The third kappa shape index (κ3) is 8.29. The maximum Gasteiger partial charge on any atom is 0.328 e. The van der Waals surface area contributed by atoms with Gasteiger partial charge in [-0.1, -0.05) is 12.1 Å². The first kappa shape index (κ1) is 42.9. The molecule has 6 aliphatic rings. The standard InChI is InChI=1S/C48H58F2N10O5/c49-37-8-7-31(60-32-5-6-33(60)27-57(26-32)42(46(52)53)24-38(51)35-3-1-2-4-43(35)61)23-41(37)56-17-11-30(12-18-56)25-55-21-15-48(16-22-55)64-28-34(29-65-48)58-19-13-36-39(58)9-10-40(45(36)50)59-20-14-44(62)54-47(59)63/h1-4,7-10,13,19,23-24,30,32-34,61H,5-6,11-12,14-18,20-22,25-29,51-53H2,(H,54,62,63)/b38-24-. The van der Waals surface area contributed by atoms with Crippen molar-refractivity contribution >= 4 is 45.6 Å². The van der Waals surface area contributed by atoms with E-state index in [0.29, 0.717) is 65.8 Å². The Labute approximate surface area is 376 Å². The number of hydrogen-bond acceptors (Lipinski definition) is 12. The smallest absolute Gasteiger partial charge is 0.328 e. The zero-order chi connectivity index (χ0) is 45.0. The average Bonchev–Trinajstić information content (AvgIpc) is 3.85. The number of nitrogens with zero attached hydrogens (tertiary/aromatic N) is 6. The summed E-state index contributed by atoms with van der Waals surface area (Å²) in [5.74, 6) is -0.937. The Morgan fingerprint density at radius 3 is 2.26 bits per heavy atom. The zero-order valence-corrected chi connectivity index (χ0v) is 36.5. The first-order chi connectivity index (χ1) is 31.4. The van der Waals surface area contributed by atoms with Gasteiger partial charge >= 0.3 is 6.03 Å². The molecule has 4 aromatic rings. The number of rotatable bonds is 9. The van der Waals surface area contributed by atoms with Gasteiger partial charge in [-0.05, 0) is 86.2 Å². The number of ether oxygens (including phenoxy) is 2. The van der Waals surface area contributed by atoms with E-state index in [1.54, 1.807) is 48.5 Å². The van der Waals surface area contributed by atoms with Crippen molar-refractivity contribution in [2.75, 3.05) is 80.3 Å². The number of halogens is 2. The third-order valence-corrected chi connectivity index (χ3v) is 14.6. The predicted octanol–water partition coefficient (Wildman–Crippen LogP) is 5.11. The summed E-state index contributed by atoms with van der Waals surface area (Å²) in [5, 5.41) is 13.0. The van der Waals surface area contributed by atoms with Crippen LogP contribution in [0.4, 0.5) is 30.6 Å². The number of piperazine rings is 1. The van der Waals surface area contributed by atoms with Gasteiger partial charge in [0.1, 0.15) is 17.4 Å². The predicted molar refractivity (Wildman–Crippen MR) is 245 cm³/mol. The Bertz CT molecular complexity index is 2500. The van der Waals surface area contributed by atoms with Crippen molar-refractivity contribution in [1.29, 1.82) is 0 Å². The summed E-state index contributed by atoms with van der Waals surface area (Å²) in [6.45, 7) is 6.67. The van der Waals surface area contributed by atoms with Crippen molar-refractivity contribution in [2.24, 2.45) is 23.1 Å². The van der Waals surface area contributed by atoms with Crippen LogP contribution in [0.2, 0.25) is 0 Å². The normalized spacial score (nSPS) is 23.4. The number of nitrogens with one attached hydrogen (secondary N) is 1. The number of para-hydroxylation sites is 1. The first-order valence-electron chi connectivity index (χ1n) is 22.9. The van der Waals surface area contributed by atoms with E-state index < -0.39 is 17.6 Å². The molecule has 17 heteroatoms. The van der Waals surface area contributed by atoms with E-state index in [1.807, 2.05) is 29.0 Å². The minimum Gasteiger partial charge on any atom is -0.507 e. The van der Waals surface area contributed by atoms with E-state index in [0.717, 1.165) is 76.9 Å². The van der Waals surface area contributed by atoms with Crippen molar-refractivity contribution in [3.63, 3.8) is 0 Å². The summed E-state index contributed by atoms with van der Waals surface area (Å²) in [6.07, 6.45) is 9.18. The number of imide groups is 1. The molecule has 6 saturated heterocycles. The fraction of sp³-hybridized carbons (Fsp3) is 0.458. The van der Waals surface area contributed by atoms with Crippen molar-refractivity contribution in [2.45, 2.75) is 68.9 Å². The molecule has 1 spiro atoms. The van der Waals surface area contributed by atoms with Gasteiger partial charge in [0.05, 0.1) is 41.8 Å². The highest BCUT2D eigenvalue weighted by Crippen LogP contribution is 2.41. The molecule has 0 radical (unpaired) electrons. The van der Waals surface area contributed by atoms with Crippen LogP contribution in [0.5, 0.6) is 5.75 Å². The number of urea groups is 1. The Morgan fingerprint density at radius 1 is 0.846 bits per heavy atom. The molecule has 344 valence electrons. The van der Waals surface area contributed by atoms with Crippen LogP contribution in [0.25, 0.3) is 16.6 Å². The lowest BCUT2D eigenvalue weighted by molar-refractivity contribution is -0.295. The number of benzene rings is 3. The van der Waals surface area contributed by atoms with Gasteiger partial charge in [-0.25, -0.2) is 13.6 Å². The molecule has 0 aliphatic carbocycles. The SMILES string of the molecule is NC(N)=C(/C=C(\N)c1ccccc1O)N1CC2CCC(C1)N2c1ccc(F)c(N2CCC(CN3CCC4(CC3)OCC(n3ccc5c(F)c(N6CCC(=O)NC6=O)ccc53)CO4)CC2)c1. The number of hydrogen-bond donors (Lipinski definition) is 5. The summed E-state index contributed by atoms with van der Waals surface area (Å²) in [7, 11) is 0. The fourth-order valence-corrected chi connectivity index (χ4v) is 11.1. The van der Waals surface area contributed by atoms with Gasteiger partial charge in [0.15, 0.2) is 11.6 Å². The average molecular weight is 893 g/mol. The molecule has 7 heterocycles. The Morgan fingerprint density at radius 2 is 1.57 bits per heavy atom. The van der Waals surface area contributed by atoms with Crippen molar-refractivity contribution in [3.8, 4) is 5.75 Å². The molecular formula is C48H58F2N10O5. The molecule has 15 nitrogen and oxygen atoms in total. The second-order valence-electron chi connectivity index (χ2n) is 18.5. The number of aromatic nitrogens is 1. The van der Waals surface area contributed by atoms with E-state index in [4.69, 9.17) is 26.7 Å². The van der Waals surface area contributed by atoms with Gasteiger partial charge in [0.25, 0.3) is 0 Å². The maximum absolute atomic E-state index is 15.7. The number of anilines is 3. The van der Waals surface area contributed by atoms with Crippen molar-refractivity contribution in [1.82, 2.24) is 19.7 Å². The second-order valence-corrected chi connectivity index (χ2v) is 18.5. The van der Waals surface area contributed by atoms with E-state index in [1.165, 1.54) is 4.90 Å². The summed E-state index contributed by atoms with van der Waals surface area (Å²) < 4.78 is 46.2. The van der Waals surface area contributed by atoms with E-state index in [9.17, 15) is 14.7 Å². The number of piperidine rings is 2. The molecular weight excluding hydrogens is 835 g/mol. The number of carbonyl (C=O) groups is 2. The first-order valence-corrected chi connectivity index (χ1v) is 22.9. The number of phenols is 1. The molecule has 2 bridgehead atoms. The maximum atomic E-state index is 15.7. The largest absolute Gasteiger partial charge is 0.507 e. The van der Waals surface area contributed by atoms with Crippen LogP contribution in [0.3, 0.4) is 0 Å². The van der Waals surface area contributed by atoms with Gasteiger partial charge in [-0.3, -0.25) is 15.0 Å². The van der Waals surface area contributed by atoms with E-state index >= 15 is 8.78 Å². The summed E-state index contributed by atoms with van der Waals surface area (Å²) in [4.78, 5) is 34.6. The summed E-state index contributed by atoms with van der Waals surface area (Å²) >= 11 is 0. The van der Waals surface area contributed by atoms with Gasteiger partial charge < -0.3 is 55.9 Å². The monoisotopic (exact) mass is 892 g/mol. The van der Waals surface area contributed by atoms with Gasteiger partial charge in [-0.15, -0.1) is 0 Å². The third-order valence-electron chi connectivity index (χ3n) is 14.6. The Kier molecular flexibility index (Phi) is 11.5. The number of amides is 3. The number of carbonyl (C=O) groups excluding carboxylic acids is 2. The molecule has 1 aromatic heterocycles. The molecule has 2 atom stereocenters. The topological polar surface area (TPSA) is 184 Å². The Hall–Kier alpha value is -6.04. The minimum absolute atomic E-state index is 0.0888. The van der Waals surface area contributed by atoms with Crippen LogP contribution >= 0.6 is 0 Å². The highest BCUT2D eigenvalue weighted by Gasteiger charge is 2.43. The molecule has 65 heavy (non-hydrogen) atoms. The van der Waals surface area contributed by atoms with Crippen molar-refractivity contribution < 1.29 is 33.0 Å². The minimum atomic E-state index is -0.638. The molecule has 0 saturated carbocycles. The van der Waals surface area contributed by atoms with E-state index in [2.05, 4.69) is 24.9 Å². The van der Waals surface area contributed by atoms with Crippen molar-refractivity contribution in [3.05, 3.63) is 102 Å². The summed E-state index contributed by atoms with van der Waals surface area (Å²) in [6, 6.07) is 17.2. The van der Waals surface area contributed by atoms with Crippen LogP contribution in [-0.4, -0.2) is 115 Å². The lowest BCUT2D eigenvalue weighted by Crippen LogP contribution is -2.54. The fourth-order valence-electron chi connectivity index (χ4n) is 11.1. The molecule has 6 fully saturated rings. The molecule has 6 aliphatic heterocycles. The molecule has 10 rings (SSSR count). The lowest BCUT2D eigenvalue weighted by atomic mass is 9.94. The molecule has 2 unspecified atom stereocenters. The number of phenolic OH excluding ortho intramolecular Hbond substituents is 1. The highest BCUT2D eigenvalue weighted by molar-refractivity contribution is 6.06. The molecule has 8 N–H and O–H groups in total. The number of fused-ring (bicyclic) bond motifs is 3. The molecule has 3 amide bonds. The molecule has 3 aromatic carbocycles. The summed E-state index contributed by atoms with van der Waals surface area (Å²) in [5.41, 5.74) is 22.9. The van der Waals surface area contributed by atoms with Crippen LogP contribution < -0.4 is 37.2 Å². The van der Waals surface area contributed by atoms with Crippen LogP contribution in [0, 0.1) is 17.6 Å². The van der Waals surface area contributed by atoms with Crippen LogP contribution in [-0.2, 0) is 14.3 Å². The number of nitrogens with two attached hydrogens (primary N) is 3. The van der Waals surface area contributed by atoms with Gasteiger partial charge in [-0.2, -0.15) is 0 Å². The lowest BCUT2D eigenvalue weighted by Gasteiger charge is -2.46. The number of aromatic hydroxyl groups is 1. The van der Waals surface area contributed by atoms with Crippen LogP contribution in [0.1, 0.15) is 56.6 Å². The zero-order valence-electron chi connectivity index (χ0n) is 36.5. The highest BCUT2D eigenvalue weighted by atomic mass is 19.1. The van der Waals surface area contributed by atoms with Crippen LogP contribution in [0.15, 0.2) is 84.5 Å².